The summed E-state index contributed by atoms with van der Waals surface area (Å²) >= 11 is 1.64. The molecule has 0 aliphatic carbocycles. The molecule has 1 aliphatic heterocycles. The molecule has 1 fully saturated rings. The minimum absolute atomic E-state index is 0.151. The Morgan fingerprint density at radius 1 is 1.45 bits per heavy atom. The molecule has 106 valence electrons. The number of hydrogen-bond acceptors (Lipinski definition) is 6. The first-order valence-corrected chi connectivity index (χ1v) is 7.63. The van der Waals surface area contributed by atoms with Crippen LogP contribution in [0.3, 0.4) is 0 Å². The van der Waals surface area contributed by atoms with Crippen LogP contribution in [0.25, 0.3) is 10.7 Å². The fourth-order valence-electron chi connectivity index (χ4n) is 2.28. The average molecular weight is 290 g/mol. The Morgan fingerprint density at radius 3 is 3.20 bits per heavy atom. The summed E-state index contributed by atoms with van der Waals surface area (Å²) in [6.07, 6.45) is 1.95. The summed E-state index contributed by atoms with van der Waals surface area (Å²) in [6, 6.07) is 5.89. The van der Waals surface area contributed by atoms with Crippen molar-refractivity contribution in [2.45, 2.75) is 12.6 Å². The molecule has 0 spiro atoms. The highest BCUT2D eigenvalue weighted by molar-refractivity contribution is 7.13. The molecule has 0 saturated carbocycles. The highest BCUT2D eigenvalue weighted by Crippen LogP contribution is 2.22. The molecule has 5 nitrogen and oxygen atoms in total. The van der Waals surface area contributed by atoms with Gasteiger partial charge in [-0.2, -0.15) is 0 Å². The van der Waals surface area contributed by atoms with Gasteiger partial charge >= 0.3 is 0 Å². The van der Waals surface area contributed by atoms with Gasteiger partial charge in [0.1, 0.15) is 5.01 Å². The van der Waals surface area contributed by atoms with Crippen molar-refractivity contribution in [3.05, 3.63) is 35.5 Å². The second-order valence-electron chi connectivity index (χ2n) is 4.82. The van der Waals surface area contributed by atoms with Crippen LogP contribution < -0.4 is 5.73 Å². The Labute approximate surface area is 122 Å². The highest BCUT2D eigenvalue weighted by atomic mass is 32.1. The van der Waals surface area contributed by atoms with Crippen LogP contribution >= 0.6 is 11.3 Å². The molecule has 1 atom stereocenters. The van der Waals surface area contributed by atoms with E-state index >= 15 is 0 Å². The van der Waals surface area contributed by atoms with Crippen LogP contribution in [-0.4, -0.2) is 47.2 Å². The second-order valence-corrected chi connectivity index (χ2v) is 5.68. The Hall–Kier alpha value is -1.34. The van der Waals surface area contributed by atoms with Gasteiger partial charge in [-0.15, -0.1) is 11.3 Å². The lowest BCUT2D eigenvalue weighted by molar-refractivity contribution is -0.0263. The third kappa shape index (κ3) is 3.21. The predicted octanol–water partition coefficient (Wildman–Crippen LogP) is 1.36. The summed E-state index contributed by atoms with van der Waals surface area (Å²) in [5.74, 6) is 0. The zero-order valence-electron chi connectivity index (χ0n) is 11.2. The quantitative estimate of drug-likeness (QED) is 0.921. The van der Waals surface area contributed by atoms with E-state index in [1.165, 1.54) is 0 Å². The molecule has 1 saturated heterocycles. The number of morpholine rings is 1. The zero-order valence-corrected chi connectivity index (χ0v) is 12.1. The first kappa shape index (κ1) is 13.6. The van der Waals surface area contributed by atoms with Crippen molar-refractivity contribution in [1.29, 1.82) is 0 Å². The molecule has 1 unspecified atom stereocenters. The summed E-state index contributed by atoms with van der Waals surface area (Å²) in [5, 5.41) is 3.08. The van der Waals surface area contributed by atoms with E-state index in [0.29, 0.717) is 6.54 Å². The summed E-state index contributed by atoms with van der Waals surface area (Å²) in [4.78, 5) is 11.3. The number of thiazole rings is 1. The molecule has 1 aliphatic rings. The van der Waals surface area contributed by atoms with E-state index in [2.05, 4.69) is 20.2 Å². The zero-order chi connectivity index (χ0) is 13.8. The van der Waals surface area contributed by atoms with Gasteiger partial charge in [-0.25, -0.2) is 4.98 Å². The largest absolute Gasteiger partial charge is 0.374 e. The average Bonchev–Trinajstić information content (AvgIpc) is 2.97. The molecular formula is C14H18N4OS. The van der Waals surface area contributed by atoms with Gasteiger partial charge in [-0.3, -0.25) is 9.88 Å². The normalized spacial score (nSPS) is 20.1. The van der Waals surface area contributed by atoms with E-state index in [1.807, 2.05) is 18.2 Å². The fourth-order valence-corrected chi connectivity index (χ4v) is 3.07. The van der Waals surface area contributed by atoms with Gasteiger partial charge in [0.05, 0.1) is 24.1 Å². The number of nitrogens with zero attached hydrogens (tertiary/aromatic N) is 3. The van der Waals surface area contributed by atoms with Crippen LogP contribution in [0.4, 0.5) is 0 Å². The number of rotatable bonds is 4. The van der Waals surface area contributed by atoms with Crippen LogP contribution in [0.15, 0.2) is 29.8 Å². The van der Waals surface area contributed by atoms with Gasteiger partial charge in [0.25, 0.3) is 0 Å². The van der Waals surface area contributed by atoms with E-state index in [0.717, 1.165) is 42.6 Å². The molecule has 0 bridgehead atoms. The lowest BCUT2D eigenvalue weighted by atomic mass is 10.2. The van der Waals surface area contributed by atoms with Crippen LogP contribution in [0.2, 0.25) is 0 Å². The van der Waals surface area contributed by atoms with E-state index in [1.54, 1.807) is 17.5 Å². The smallest absolute Gasteiger partial charge is 0.142 e. The van der Waals surface area contributed by atoms with Crippen molar-refractivity contribution in [3.8, 4) is 10.7 Å². The molecule has 20 heavy (non-hydrogen) atoms. The molecule has 0 radical (unpaired) electrons. The van der Waals surface area contributed by atoms with Crippen LogP contribution in [0.5, 0.6) is 0 Å². The number of pyridine rings is 1. The Morgan fingerprint density at radius 2 is 2.40 bits per heavy atom. The highest BCUT2D eigenvalue weighted by Gasteiger charge is 2.20. The Bertz CT molecular complexity index is 545. The maximum absolute atomic E-state index is 5.67. The molecule has 6 heteroatoms. The molecule has 2 aromatic heterocycles. The van der Waals surface area contributed by atoms with Gasteiger partial charge < -0.3 is 10.5 Å². The lowest BCUT2D eigenvalue weighted by Crippen LogP contribution is -2.45. The number of hydrogen-bond donors (Lipinski definition) is 1. The third-order valence-electron chi connectivity index (χ3n) is 3.31. The van der Waals surface area contributed by atoms with Crippen molar-refractivity contribution in [2.75, 3.05) is 26.2 Å². The molecule has 2 N–H and O–H groups in total. The maximum atomic E-state index is 5.67. The van der Waals surface area contributed by atoms with Gasteiger partial charge in [-0.05, 0) is 12.1 Å². The van der Waals surface area contributed by atoms with Crippen LogP contribution in [0, 0.1) is 0 Å². The monoisotopic (exact) mass is 290 g/mol. The fraction of sp³-hybridized carbons (Fsp3) is 0.429. The summed E-state index contributed by atoms with van der Waals surface area (Å²) in [5.41, 5.74) is 7.69. The Balaban J connectivity index is 1.65. The standard InChI is InChI=1S/C14H18N4OS/c15-7-12-9-18(5-6-19-12)8-11-10-20-14(17-11)13-3-1-2-4-16-13/h1-4,10,12H,5-9,15H2. The van der Waals surface area contributed by atoms with Gasteiger partial charge in [0.15, 0.2) is 0 Å². The minimum Gasteiger partial charge on any atom is -0.374 e. The molecule has 3 rings (SSSR count). The first-order valence-electron chi connectivity index (χ1n) is 6.75. The van der Waals surface area contributed by atoms with Crippen molar-refractivity contribution < 1.29 is 4.74 Å². The van der Waals surface area contributed by atoms with Crippen LogP contribution in [-0.2, 0) is 11.3 Å². The summed E-state index contributed by atoms with van der Waals surface area (Å²) in [6.45, 7) is 3.99. The topological polar surface area (TPSA) is 64.3 Å². The summed E-state index contributed by atoms with van der Waals surface area (Å²) in [7, 11) is 0. The lowest BCUT2D eigenvalue weighted by Gasteiger charge is -2.31. The van der Waals surface area contributed by atoms with E-state index in [-0.39, 0.29) is 6.10 Å². The van der Waals surface area contributed by atoms with E-state index in [4.69, 9.17) is 10.5 Å². The molecule has 0 aromatic carbocycles. The van der Waals surface area contributed by atoms with Gasteiger partial charge in [0, 0.05) is 37.8 Å². The summed E-state index contributed by atoms with van der Waals surface area (Å²) < 4.78 is 5.58. The van der Waals surface area contributed by atoms with E-state index < -0.39 is 0 Å². The molecule has 3 heterocycles. The first-order chi connectivity index (χ1) is 9.85. The second kappa shape index (κ2) is 6.41. The SMILES string of the molecule is NCC1CN(Cc2csc(-c3ccccn3)n2)CCO1. The predicted molar refractivity (Wildman–Crippen MR) is 79.4 cm³/mol. The number of nitrogens with two attached hydrogens (primary N) is 1. The maximum Gasteiger partial charge on any atom is 0.142 e. The van der Waals surface area contributed by atoms with Gasteiger partial charge in [0.2, 0.25) is 0 Å². The minimum atomic E-state index is 0.151. The Kier molecular flexibility index (Phi) is 4.37. The van der Waals surface area contributed by atoms with Crippen molar-refractivity contribution in [2.24, 2.45) is 5.73 Å². The van der Waals surface area contributed by atoms with Crippen molar-refractivity contribution in [1.82, 2.24) is 14.9 Å². The molecule has 0 amide bonds. The van der Waals surface area contributed by atoms with Crippen molar-refractivity contribution >= 4 is 11.3 Å². The van der Waals surface area contributed by atoms with E-state index in [9.17, 15) is 0 Å². The molecular weight excluding hydrogens is 272 g/mol. The van der Waals surface area contributed by atoms with Crippen LogP contribution in [0.1, 0.15) is 5.69 Å². The molecule has 2 aromatic rings. The third-order valence-corrected chi connectivity index (χ3v) is 4.22. The van der Waals surface area contributed by atoms with Gasteiger partial charge in [-0.1, -0.05) is 6.07 Å². The van der Waals surface area contributed by atoms with Crippen molar-refractivity contribution in [3.63, 3.8) is 0 Å². The number of aromatic nitrogens is 2. The number of ether oxygens (including phenoxy) is 1.